The molecule has 154 valence electrons. The van der Waals surface area contributed by atoms with E-state index in [1.165, 1.54) is 0 Å². The van der Waals surface area contributed by atoms with Crippen molar-refractivity contribution in [3.05, 3.63) is 79.1 Å². The normalized spacial score (nSPS) is 11.0. The van der Waals surface area contributed by atoms with Gasteiger partial charge in [0, 0.05) is 6.54 Å². The Morgan fingerprint density at radius 2 is 1.97 bits per heavy atom. The predicted octanol–water partition coefficient (Wildman–Crippen LogP) is 5.89. The van der Waals surface area contributed by atoms with Crippen LogP contribution >= 0.6 is 0 Å². The van der Waals surface area contributed by atoms with Gasteiger partial charge in [0.2, 0.25) is 0 Å². The molecule has 0 bridgehead atoms. The van der Waals surface area contributed by atoms with Gasteiger partial charge in [-0.2, -0.15) is 0 Å². The van der Waals surface area contributed by atoms with Gasteiger partial charge in [0.05, 0.1) is 31.0 Å². The fourth-order valence-electron chi connectivity index (χ4n) is 3.57. The first kappa shape index (κ1) is 19.8. The highest BCUT2D eigenvalue weighted by molar-refractivity contribution is 5.79. The number of ether oxygens (including phenoxy) is 2. The Labute approximate surface area is 176 Å². The van der Waals surface area contributed by atoms with Gasteiger partial charge in [-0.05, 0) is 61.2 Å². The number of aryl methyl sites for hydroxylation is 1. The van der Waals surface area contributed by atoms with Crippen LogP contribution in [-0.4, -0.2) is 23.3 Å². The van der Waals surface area contributed by atoms with E-state index in [-0.39, 0.29) is 0 Å². The molecule has 4 rings (SSSR count). The number of aromatic nitrogens is 2. The lowest BCUT2D eigenvalue weighted by molar-refractivity contribution is 0.284. The molecule has 0 aliphatic heterocycles. The van der Waals surface area contributed by atoms with Gasteiger partial charge in [-0.15, -0.1) is 6.58 Å². The van der Waals surface area contributed by atoms with Crippen LogP contribution in [0.5, 0.6) is 11.5 Å². The Bertz CT molecular complexity index is 1110. The number of imidazole rings is 1. The van der Waals surface area contributed by atoms with Crippen LogP contribution in [0.3, 0.4) is 0 Å². The molecule has 0 unspecified atom stereocenters. The van der Waals surface area contributed by atoms with Crippen molar-refractivity contribution in [3.8, 4) is 23.1 Å². The number of methoxy groups -OCH3 is 1. The first-order chi connectivity index (χ1) is 14.8. The molecule has 0 saturated heterocycles. The number of para-hydroxylation sites is 2. The molecule has 2 aromatic carbocycles. The van der Waals surface area contributed by atoms with E-state index in [1.807, 2.05) is 54.6 Å². The van der Waals surface area contributed by atoms with Crippen LogP contribution in [0.2, 0.25) is 0 Å². The number of fused-ring (bicyclic) bond motifs is 1. The van der Waals surface area contributed by atoms with E-state index in [2.05, 4.69) is 17.2 Å². The first-order valence-corrected chi connectivity index (χ1v) is 10.2. The molecule has 4 aromatic rings. The van der Waals surface area contributed by atoms with E-state index in [9.17, 15) is 0 Å². The van der Waals surface area contributed by atoms with Crippen molar-refractivity contribution in [1.29, 1.82) is 0 Å². The molecule has 0 fully saturated rings. The Kier molecular flexibility index (Phi) is 6.18. The number of unbranched alkanes of at least 4 members (excludes halogenated alkanes) is 1. The fraction of sp³-hybridized carbons (Fsp3) is 0.240. The minimum Gasteiger partial charge on any atom is -0.493 e. The van der Waals surface area contributed by atoms with Gasteiger partial charge >= 0.3 is 0 Å². The summed E-state index contributed by atoms with van der Waals surface area (Å²) in [5, 5.41) is 0. The van der Waals surface area contributed by atoms with Crippen LogP contribution in [0.25, 0.3) is 22.6 Å². The van der Waals surface area contributed by atoms with E-state index in [1.54, 1.807) is 13.4 Å². The van der Waals surface area contributed by atoms with Crippen LogP contribution in [-0.2, 0) is 13.0 Å². The summed E-state index contributed by atoms with van der Waals surface area (Å²) in [5.41, 5.74) is 3.25. The summed E-state index contributed by atoms with van der Waals surface area (Å²) in [7, 11) is 1.67. The van der Waals surface area contributed by atoms with Gasteiger partial charge in [-0.25, -0.2) is 4.98 Å². The molecule has 30 heavy (non-hydrogen) atoms. The summed E-state index contributed by atoms with van der Waals surface area (Å²) in [6.07, 6.45) is 6.26. The average Bonchev–Trinajstić information content (AvgIpc) is 3.42. The van der Waals surface area contributed by atoms with E-state index < -0.39 is 0 Å². The van der Waals surface area contributed by atoms with Gasteiger partial charge in [0.15, 0.2) is 23.1 Å². The van der Waals surface area contributed by atoms with Gasteiger partial charge in [0.1, 0.15) is 0 Å². The zero-order valence-corrected chi connectivity index (χ0v) is 17.2. The molecule has 0 saturated carbocycles. The number of allylic oxidation sites excluding steroid dienone is 1. The summed E-state index contributed by atoms with van der Waals surface area (Å²) < 4.78 is 19.3. The van der Waals surface area contributed by atoms with Gasteiger partial charge in [-0.3, -0.25) is 0 Å². The predicted molar refractivity (Wildman–Crippen MR) is 119 cm³/mol. The monoisotopic (exact) mass is 402 g/mol. The molecule has 0 aliphatic rings. The van der Waals surface area contributed by atoms with Crippen molar-refractivity contribution in [2.75, 3.05) is 13.7 Å². The first-order valence-electron chi connectivity index (χ1n) is 10.2. The lowest BCUT2D eigenvalue weighted by Crippen LogP contribution is -2.04. The number of hydrogen-bond acceptors (Lipinski definition) is 4. The van der Waals surface area contributed by atoms with Crippen LogP contribution in [0.1, 0.15) is 18.4 Å². The second kappa shape index (κ2) is 9.35. The van der Waals surface area contributed by atoms with Crippen molar-refractivity contribution < 1.29 is 13.9 Å². The van der Waals surface area contributed by atoms with Crippen LogP contribution < -0.4 is 9.47 Å². The zero-order valence-electron chi connectivity index (χ0n) is 17.2. The van der Waals surface area contributed by atoms with Crippen LogP contribution in [0.15, 0.2) is 77.9 Å². The molecular formula is C25H26N2O3. The number of nitrogens with zero attached hydrogens (tertiary/aromatic N) is 2. The lowest BCUT2D eigenvalue weighted by atomic mass is 10.1. The summed E-state index contributed by atoms with van der Waals surface area (Å²) in [6, 6.07) is 18.0. The van der Waals surface area contributed by atoms with Gasteiger partial charge in [0.25, 0.3) is 0 Å². The summed E-state index contributed by atoms with van der Waals surface area (Å²) >= 11 is 0. The molecular weight excluding hydrogens is 376 g/mol. The Balaban J connectivity index is 1.39. The minimum atomic E-state index is 0.625. The summed E-state index contributed by atoms with van der Waals surface area (Å²) in [4.78, 5) is 4.76. The molecule has 0 atom stereocenters. The van der Waals surface area contributed by atoms with Crippen LogP contribution in [0, 0.1) is 0 Å². The maximum absolute atomic E-state index is 5.98. The van der Waals surface area contributed by atoms with E-state index in [0.717, 1.165) is 65.5 Å². The molecule has 2 heterocycles. The average molecular weight is 402 g/mol. The third kappa shape index (κ3) is 4.25. The molecule has 0 spiro atoms. The third-order valence-corrected chi connectivity index (χ3v) is 5.04. The molecule has 5 heteroatoms. The van der Waals surface area contributed by atoms with Crippen molar-refractivity contribution in [2.24, 2.45) is 0 Å². The summed E-state index contributed by atoms with van der Waals surface area (Å²) in [5.74, 6) is 3.18. The fourth-order valence-corrected chi connectivity index (χ4v) is 3.57. The second-order valence-corrected chi connectivity index (χ2v) is 7.09. The highest BCUT2D eigenvalue weighted by Crippen LogP contribution is 2.29. The SMILES string of the molecule is C=CCc1ccc(OCCCCn2c(-c3ccco3)nc3ccccc32)c(OC)c1. The standard InChI is InChI=1S/C25H26N2O3/c1-3-9-19-13-14-22(24(18-19)28-2)29-16-7-6-15-27-21-11-5-4-10-20(21)26-25(27)23-12-8-17-30-23/h3-5,8,10-14,17-18H,1,6-7,9,15-16H2,2H3. The maximum atomic E-state index is 5.98. The third-order valence-electron chi connectivity index (χ3n) is 5.04. The highest BCUT2D eigenvalue weighted by atomic mass is 16.5. The van der Waals surface area contributed by atoms with Crippen molar-refractivity contribution >= 4 is 11.0 Å². The smallest absolute Gasteiger partial charge is 0.177 e. The van der Waals surface area contributed by atoms with Crippen molar-refractivity contribution in [1.82, 2.24) is 9.55 Å². The maximum Gasteiger partial charge on any atom is 0.177 e. The number of furan rings is 1. The van der Waals surface area contributed by atoms with E-state index >= 15 is 0 Å². The van der Waals surface area contributed by atoms with Crippen molar-refractivity contribution in [2.45, 2.75) is 25.8 Å². The van der Waals surface area contributed by atoms with E-state index in [4.69, 9.17) is 18.9 Å². The molecule has 0 amide bonds. The minimum absolute atomic E-state index is 0.625. The Morgan fingerprint density at radius 1 is 1.07 bits per heavy atom. The van der Waals surface area contributed by atoms with Crippen molar-refractivity contribution in [3.63, 3.8) is 0 Å². The van der Waals surface area contributed by atoms with Gasteiger partial charge < -0.3 is 18.5 Å². The summed E-state index contributed by atoms with van der Waals surface area (Å²) in [6.45, 7) is 5.25. The molecule has 0 radical (unpaired) electrons. The topological polar surface area (TPSA) is 49.4 Å². The molecule has 2 aromatic heterocycles. The Hall–Kier alpha value is -3.47. The molecule has 5 nitrogen and oxygen atoms in total. The number of rotatable bonds is 10. The second-order valence-electron chi connectivity index (χ2n) is 7.09. The lowest BCUT2D eigenvalue weighted by Gasteiger charge is -2.12. The number of benzene rings is 2. The van der Waals surface area contributed by atoms with Crippen LogP contribution in [0.4, 0.5) is 0 Å². The number of hydrogen-bond donors (Lipinski definition) is 0. The molecule has 0 aliphatic carbocycles. The zero-order chi connectivity index (χ0) is 20.8. The highest BCUT2D eigenvalue weighted by Gasteiger charge is 2.14. The largest absolute Gasteiger partial charge is 0.493 e. The quantitative estimate of drug-likeness (QED) is 0.245. The Morgan fingerprint density at radius 3 is 2.77 bits per heavy atom. The van der Waals surface area contributed by atoms with E-state index in [0.29, 0.717) is 6.61 Å². The van der Waals surface area contributed by atoms with Gasteiger partial charge in [-0.1, -0.05) is 24.3 Å². The molecule has 0 N–H and O–H groups in total.